The number of ether oxygens (including phenoxy) is 1. The molecule has 2 aliphatic carbocycles. The van der Waals surface area contributed by atoms with Crippen molar-refractivity contribution < 1.29 is 17.9 Å². The molecule has 1 aliphatic heterocycles. The molecule has 2 saturated carbocycles. The van der Waals surface area contributed by atoms with Gasteiger partial charge in [0, 0.05) is 24.7 Å². The number of carbonyl (C=O) groups excluding carboxylic acids is 1. The molecule has 3 fully saturated rings. The van der Waals surface area contributed by atoms with Gasteiger partial charge in [0.15, 0.2) is 0 Å². The van der Waals surface area contributed by atoms with Gasteiger partial charge >= 0.3 is 0 Å². The fourth-order valence-corrected chi connectivity index (χ4v) is 5.80. The van der Waals surface area contributed by atoms with Gasteiger partial charge in [-0.25, -0.2) is 8.42 Å². The molecule has 6 nitrogen and oxygen atoms in total. The molecule has 0 radical (unpaired) electrons. The molecule has 136 valence electrons. The molecule has 2 bridgehead atoms. The van der Waals surface area contributed by atoms with Gasteiger partial charge in [-0.05, 0) is 55.4 Å². The van der Waals surface area contributed by atoms with Gasteiger partial charge in [-0.2, -0.15) is 4.31 Å². The van der Waals surface area contributed by atoms with Crippen LogP contribution in [0, 0.1) is 11.8 Å². The fourth-order valence-electron chi connectivity index (χ4n) is 4.39. The number of amides is 1. The van der Waals surface area contributed by atoms with Crippen molar-refractivity contribution in [3.8, 4) is 0 Å². The number of hydrogen-bond acceptors (Lipinski definition) is 4. The van der Waals surface area contributed by atoms with Gasteiger partial charge in [-0.1, -0.05) is 6.42 Å². The maximum absolute atomic E-state index is 12.6. The van der Waals surface area contributed by atoms with Crippen molar-refractivity contribution in [2.24, 2.45) is 11.8 Å². The van der Waals surface area contributed by atoms with Crippen LogP contribution in [0.4, 0.5) is 0 Å². The second-order valence-electron chi connectivity index (χ2n) is 7.30. The van der Waals surface area contributed by atoms with Crippen molar-refractivity contribution in [1.29, 1.82) is 0 Å². The molecule has 25 heavy (non-hydrogen) atoms. The number of benzene rings is 1. The van der Waals surface area contributed by atoms with Gasteiger partial charge < -0.3 is 10.1 Å². The molecule has 1 heterocycles. The van der Waals surface area contributed by atoms with Crippen LogP contribution < -0.4 is 5.32 Å². The predicted octanol–water partition coefficient (Wildman–Crippen LogP) is 1.63. The van der Waals surface area contributed by atoms with Crippen molar-refractivity contribution in [2.45, 2.75) is 36.6 Å². The first-order valence-electron chi connectivity index (χ1n) is 9.03. The van der Waals surface area contributed by atoms with Crippen LogP contribution in [0.1, 0.15) is 36.0 Å². The highest BCUT2D eigenvalue weighted by molar-refractivity contribution is 7.89. The summed E-state index contributed by atoms with van der Waals surface area (Å²) < 4.78 is 31.8. The largest absolute Gasteiger partial charge is 0.379 e. The third-order valence-electron chi connectivity index (χ3n) is 5.78. The minimum Gasteiger partial charge on any atom is -0.379 e. The van der Waals surface area contributed by atoms with Crippen LogP contribution in [-0.2, 0) is 14.8 Å². The smallest absolute Gasteiger partial charge is 0.251 e. The highest BCUT2D eigenvalue weighted by atomic mass is 32.2. The predicted molar refractivity (Wildman–Crippen MR) is 92.7 cm³/mol. The lowest BCUT2D eigenvalue weighted by Gasteiger charge is -2.26. The summed E-state index contributed by atoms with van der Waals surface area (Å²) in [5, 5.41) is 3.13. The van der Waals surface area contributed by atoms with E-state index in [1.165, 1.54) is 35.7 Å². The Bertz CT molecular complexity index is 741. The number of nitrogens with one attached hydrogen (secondary N) is 1. The summed E-state index contributed by atoms with van der Waals surface area (Å²) in [5.74, 6) is 1.29. The SMILES string of the molecule is O=C(NC1CC2CCC1C2)c1ccc(S(=O)(=O)N2CCOCC2)cc1. The first-order valence-corrected chi connectivity index (χ1v) is 10.5. The van der Waals surface area contributed by atoms with Crippen molar-refractivity contribution in [2.75, 3.05) is 26.3 Å². The monoisotopic (exact) mass is 364 g/mol. The molecule has 1 aromatic rings. The van der Waals surface area contributed by atoms with E-state index in [9.17, 15) is 13.2 Å². The first-order chi connectivity index (χ1) is 12.0. The molecule has 1 aromatic carbocycles. The van der Waals surface area contributed by atoms with E-state index in [0.717, 1.165) is 12.3 Å². The number of sulfonamides is 1. The van der Waals surface area contributed by atoms with Gasteiger partial charge in [-0.15, -0.1) is 0 Å². The van der Waals surface area contributed by atoms with Crippen molar-refractivity contribution in [3.05, 3.63) is 29.8 Å². The van der Waals surface area contributed by atoms with Crippen LogP contribution in [-0.4, -0.2) is 51.0 Å². The quantitative estimate of drug-likeness (QED) is 0.881. The Morgan fingerprint density at radius 1 is 1.08 bits per heavy atom. The van der Waals surface area contributed by atoms with Gasteiger partial charge in [0.25, 0.3) is 5.91 Å². The lowest BCUT2D eigenvalue weighted by molar-refractivity contribution is 0.0730. The lowest BCUT2D eigenvalue weighted by Crippen LogP contribution is -2.40. The topological polar surface area (TPSA) is 75.7 Å². The maximum atomic E-state index is 12.6. The third kappa shape index (κ3) is 3.32. The Labute approximate surface area is 148 Å². The molecule has 7 heteroatoms. The second kappa shape index (κ2) is 6.70. The van der Waals surface area contributed by atoms with Crippen molar-refractivity contribution >= 4 is 15.9 Å². The molecule has 0 spiro atoms. The molecule has 1 saturated heterocycles. The fraction of sp³-hybridized carbons (Fsp3) is 0.611. The van der Waals surface area contributed by atoms with Crippen LogP contribution in [0.25, 0.3) is 0 Å². The van der Waals surface area contributed by atoms with Crippen LogP contribution in [0.3, 0.4) is 0 Å². The van der Waals surface area contributed by atoms with E-state index in [2.05, 4.69) is 5.32 Å². The van der Waals surface area contributed by atoms with Gasteiger partial charge in [-0.3, -0.25) is 4.79 Å². The van der Waals surface area contributed by atoms with E-state index in [4.69, 9.17) is 4.74 Å². The molecule has 4 rings (SSSR count). The average Bonchev–Trinajstić information content (AvgIpc) is 3.25. The number of fused-ring (bicyclic) bond motifs is 2. The number of rotatable bonds is 4. The Morgan fingerprint density at radius 3 is 2.40 bits per heavy atom. The first kappa shape index (κ1) is 17.0. The van der Waals surface area contributed by atoms with E-state index < -0.39 is 10.0 Å². The van der Waals surface area contributed by atoms with E-state index in [0.29, 0.717) is 37.8 Å². The second-order valence-corrected chi connectivity index (χ2v) is 9.23. The summed E-state index contributed by atoms with van der Waals surface area (Å²) in [4.78, 5) is 12.7. The van der Waals surface area contributed by atoms with Crippen LogP contribution >= 0.6 is 0 Å². The zero-order chi connectivity index (χ0) is 17.4. The van der Waals surface area contributed by atoms with Gasteiger partial charge in [0.2, 0.25) is 10.0 Å². The van der Waals surface area contributed by atoms with Crippen molar-refractivity contribution in [1.82, 2.24) is 9.62 Å². The molecule has 1 N–H and O–H groups in total. The molecular formula is C18H24N2O4S. The molecule has 3 unspecified atom stereocenters. The zero-order valence-corrected chi connectivity index (χ0v) is 15.0. The summed E-state index contributed by atoms with van der Waals surface area (Å²) in [7, 11) is -3.51. The van der Waals surface area contributed by atoms with E-state index >= 15 is 0 Å². The third-order valence-corrected chi connectivity index (χ3v) is 7.69. The lowest BCUT2D eigenvalue weighted by atomic mass is 9.95. The number of hydrogen-bond donors (Lipinski definition) is 1. The molecule has 1 amide bonds. The Kier molecular flexibility index (Phi) is 4.56. The standard InChI is InChI=1S/C18H24N2O4S/c21-18(19-17-12-13-1-2-15(17)11-13)14-3-5-16(6-4-14)25(22,23)20-7-9-24-10-8-20/h3-6,13,15,17H,1-2,7-12H2,(H,19,21). The maximum Gasteiger partial charge on any atom is 0.251 e. The normalized spacial score (nSPS) is 29.7. The Morgan fingerprint density at radius 2 is 1.80 bits per heavy atom. The van der Waals surface area contributed by atoms with Crippen LogP contribution in [0.15, 0.2) is 29.2 Å². The van der Waals surface area contributed by atoms with E-state index in [-0.39, 0.29) is 16.8 Å². The number of carbonyl (C=O) groups is 1. The number of nitrogens with zero attached hydrogens (tertiary/aromatic N) is 1. The van der Waals surface area contributed by atoms with Crippen LogP contribution in [0.5, 0.6) is 0 Å². The molecule has 0 aromatic heterocycles. The summed E-state index contributed by atoms with van der Waals surface area (Å²) >= 11 is 0. The minimum atomic E-state index is -3.51. The van der Waals surface area contributed by atoms with E-state index in [1.807, 2.05) is 0 Å². The highest BCUT2D eigenvalue weighted by Crippen LogP contribution is 2.44. The van der Waals surface area contributed by atoms with Crippen LogP contribution in [0.2, 0.25) is 0 Å². The molecule has 3 aliphatic rings. The summed E-state index contributed by atoms with van der Waals surface area (Å²) in [6, 6.07) is 6.55. The molecule has 3 atom stereocenters. The highest BCUT2D eigenvalue weighted by Gasteiger charge is 2.40. The van der Waals surface area contributed by atoms with Crippen molar-refractivity contribution in [3.63, 3.8) is 0 Å². The summed E-state index contributed by atoms with van der Waals surface area (Å²) in [6.45, 7) is 1.58. The van der Waals surface area contributed by atoms with Gasteiger partial charge in [0.1, 0.15) is 0 Å². The van der Waals surface area contributed by atoms with E-state index in [1.54, 1.807) is 12.1 Å². The Hall–Kier alpha value is -1.44. The summed E-state index contributed by atoms with van der Waals surface area (Å²) in [6.07, 6.45) is 4.83. The zero-order valence-electron chi connectivity index (χ0n) is 14.2. The number of morpholine rings is 1. The average molecular weight is 364 g/mol. The summed E-state index contributed by atoms with van der Waals surface area (Å²) in [5.41, 5.74) is 0.517. The molecular weight excluding hydrogens is 340 g/mol. The Balaban J connectivity index is 1.43. The van der Waals surface area contributed by atoms with Gasteiger partial charge in [0.05, 0.1) is 18.1 Å². The minimum absolute atomic E-state index is 0.104.